The minimum Gasteiger partial charge on any atom is -0.424 e. The van der Waals surface area contributed by atoms with E-state index in [4.69, 9.17) is 27.9 Å². The number of carbonyl (C=O) groups excluding carboxylic acids is 1. The molecule has 0 aliphatic rings. The summed E-state index contributed by atoms with van der Waals surface area (Å²) in [6, 6.07) is 10.6. The van der Waals surface area contributed by atoms with Gasteiger partial charge in [0.25, 0.3) is 5.56 Å². The Hall–Kier alpha value is -2.41. The Labute approximate surface area is 161 Å². The van der Waals surface area contributed by atoms with E-state index in [-0.39, 0.29) is 21.4 Å². The third kappa shape index (κ3) is 2.86. The van der Waals surface area contributed by atoms with Crippen molar-refractivity contribution in [3.8, 4) is 5.75 Å². The van der Waals surface area contributed by atoms with Gasteiger partial charge in [-0.15, -0.1) is 0 Å². The maximum absolute atomic E-state index is 12.8. The minimum atomic E-state index is -0.515. The molecule has 0 aliphatic carbocycles. The van der Waals surface area contributed by atoms with Crippen LogP contribution >= 0.6 is 34.5 Å². The van der Waals surface area contributed by atoms with Crippen molar-refractivity contribution >= 4 is 62.6 Å². The predicted molar refractivity (Wildman–Crippen MR) is 103 cm³/mol. The third-order valence-corrected chi connectivity index (χ3v) is 5.24. The van der Waals surface area contributed by atoms with E-state index in [0.29, 0.717) is 15.1 Å². The maximum atomic E-state index is 12.8. The maximum Gasteiger partial charge on any atom is 0.308 e. The van der Waals surface area contributed by atoms with Gasteiger partial charge in [0, 0.05) is 6.92 Å². The van der Waals surface area contributed by atoms with Crippen LogP contribution < -0.4 is 14.8 Å². The number of carbonyl (C=O) groups is 1. The molecular weight excluding hydrogens is 395 g/mol. The highest BCUT2D eigenvalue weighted by Gasteiger charge is 2.13. The lowest BCUT2D eigenvalue weighted by Crippen LogP contribution is -2.22. The third-order valence-electron chi connectivity index (χ3n) is 3.71. The van der Waals surface area contributed by atoms with Gasteiger partial charge in [-0.1, -0.05) is 46.7 Å². The largest absolute Gasteiger partial charge is 0.424 e. The normalized spacial score (nSPS) is 12.2. The van der Waals surface area contributed by atoms with Crippen molar-refractivity contribution < 1.29 is 9.53 Å². The molecule has 8 heteroatoms. The Balaban J connectivity index is 1.88. The first-order valence-corrected chi connectivity index (χ1v) is 9.10. The zero-order valence-electron chi connectivity index (χ0n) is 13.3. The lowest BCUT2D eigenvalue weighted by Gasteiger charge is -2.07. The molecule has 26 heavy (non-hydrogen) atoms. The van der Waals surface area contributed by atoms with Crippen LogP contribution in [0.5, 0.6) is 5.75 Å². The zero-order chi connectivity index (χ0) is 18.4. The van der Waals surface area contributed by atoms with Crippen molar-refractivity contribution in [1.82, 2.24) is 9.38 Å². The van der Waals surface area contributed by atoms with Crippen LogP contribution in [-0.4, -0.2) is 15.4 Å². The fraction of sp³-hybridized carbons (Fsp3) is 0.0556. The molecule has 2 heterocycles. The van der Waals surface area contributed by atoms with Crippen LogP contribution in [0, 0.1) is 0 Å². The number of imidazole rings is 1. The van der Waals surface area contributed by atoms with E-state index in [2.05, 4.69) is 4.98 Å². The molecule has 0 N–H and O–H groups in total. The summed E-state index contributed by atoms with van der Waals surface area (Å²) in [5.74, 6) is -0.411. The van der Waals surface area contributed by atoms with Gasteiger partial charge in [0.2, 0.25) is 0 Å². The van der Waals surface area contributed by atoms with Crippen molar-refractivity contribution in [2.75, 3.05) is 0 Å². The van der Waals surface area contributed by atoms with Gasteiger partial charge >= 0.3 is 5.97 Å². The topological polar surface area (TPSA) is 60.7 Å². The number of fused-ring (bicyclic) bond motifs is 3. The quantitative estimate of drug-likeness (QED) is 0.377. The molecule has 2 aromatic heterocycles. The smallest absolute Gasteiger partial charge is 0.308 e. The van der Waals surface area contributed by atoms with E-state index in [9.17, 15) is 9.59 Å². The number of nitrogens with zero attached hydrogens (tertiary/aromatic N) is 2. The molecule has 0 saturated carbocycles. The average Bonchev–Trinajstić information content (AvgIpc) is 3.08. The van der Waals surface area contributed by atoms with Crippen molar-refractivity contribution in [3.05, 3.63) is 66.9 Å². The van der Waals surface area contributed by atoms with Crippen LogP contribution in [0.4, 0.5) is 0 Å². The molecule has 0 spiro atoms. The molecular formula is C18H10Cl2N2O3S. The Morgan fingerprint density at radius 2 is 1.92 bits per heavy atom. The molecule has 2 aromatic carbocycles. The van der Waals surface area contributed by atoms with Crippen LogP contribution in [0.1, 0.15) is 12.5 Å². The molecule has 0 fully saturated rings. The molecule has 4 rings (SSSR count). The number of ether oxygens (including phenoxy) is 1. The fourth-order valence-corrected chi connectivity index (χ4v) is 4.24. The van der Waals surface area contributed by atoms with Gasteiger partial charge in [-0.25, -0.2) is 9.38 Å². The van der Waals surface area contributed by atoms with E-state index in [1.54, 1.807) is 22.6 Å². The summed E-state index contributed by atoms with van der Waals surface area (Å²) < 4.78 is 7.09. The summed E-state index contributed by atoms with van der Waals surface area (Å²) in [6.07, 6.45) is 1.69. The van der Waals surface area contributed by atoms with Crippen LogP contribution in [0.25, 0.3) is 22.1 Å². The second-order valence-electron chi connectivity index (χ2n) is 5.54. The molecule has 0 radical (unpaired) electrons. The summed E-state index contributed by atoms with van der Waals surface area (Å²) in [5.41, 5.74) is 2.01. The average molecular weight is 405 g/mol. The lowest BCUT2D eigenvalue weighted by molar-refractivity contribution is -0.131. The first kappa shape index (κ1) is 17.0. The van der Waals surface area contributed by atoms with Crippen LogP contribution in [0.15, 0.2) is 41.2 Å². The number of rotatable bonds is 2. The molecule has 0 saturated heterocycles. The summed E-state index contributed by atoms with van der Waals surface area (Å²) >= 11 is 13.6. The Morgan fingerprint density at radius 3 is 2.62 bits per heavy atom. The Bertz CT molecular complexity index is 1270. The van der Waals surface area contributed by atoms with Crippen LogP contribution in [0.2, 0.25) is 10.0 Å². The highest BCUT2D eigenvalue weighted by atomic mass is 35.5. The van der Waals surface area contributed by atoms with Gasteiger partial charge in [0.1, 0.15) is 0 Å². The second-order valence-corrected chi connectivity index (χ2v) is 7.37. The lowest BCUT2D eigenvalue weighted by atomic mass is 10.2. The monoisotopic (exact) mass is 404 g/mol. The van der Waals surface area contributed by atoms with Crippen LogP contribution in [0.3, 0.4) is 0 Å². The summed E-state index contributed by atoms with van der Waals surface area (Å²) in [6.45, 7) is 1.27. The SMILES string of the molecule is CC(=O)Oc1c(Cl)cc(/C=c2/sc3nc4ccccc4n3c2=O)cc1Cl. The number of para-hydroxylation sites is 2. The number of hydrogen-bond acceptors (Lipinski definition) is 5. The molecule has 0 amide bonds. The Kier molecular flexibility index (Phi) is 4.19. The molecule has 4 aromatic rings. The van der Waals surface area contributed by atoms with E-state index in [1.165, 1.54) is 18.3 Å². The summed E-state index contributed by atoms with van der Waals surface area (Å²) in [7, 11) is 0. The van der Waals surface area contributed by atoms with Gasteiger partial charge in [-0.05, 0) is 35.9 Å². The van der Waals surface area contributed by atoms with Gasteiger partial charge in [-0.2, -0.15) is 0 Å². The van der Waals surface area contributed by atoms with Gasteiger partial charge in [0.15, 0.2) is 10.7 Å². The van der Waals surface area contributed by atoms with Crippen LogP contribution in [-0.2, 0) is 4.79 Å². The summed E-state index contributed by atoms with van der Waals surface area (Å²) in [5, 5.41) is 0.386. The first-order chi connectivity index (χ1) is 12.4. The van der Waals surface area contributed by atoms with E-state index in [0.717, 1.165) is 11.0 Å². The standard InChI is InChI=1S/C18H10Cl2N2O3S/c1-9(23)25-16-11(19)6-10(7-12(16)20)8-15-17(24)22-14-5-3-2-4-13(14)21-18(22)26-15/h2-8H,1H3/b15-8+. The number of thiazole rings is 1. The minimum absolute atomic E-state index is 0.104. The van der Waals surface area contributed by atoms with E-state index < -0.39 is 5.97 Å². The Morgan fingerprint density at radius 1 is 1.23 bits per heavy atom. The van der Waals surface area contributed by atoms with Crippen molar-refractivity contribution in [1.29, 1.82) is 0 Å². The number of esters is 1. The van der Waals surface area contributed by atoms with Gasteiger partial charge < -0.3 is 4.74 Å². The number of halogens is 2. The highest BCUT2D eigenvalue weighted by Crippen LogP contribution is 2.34. The van der Waals surface area contributed by atoms with E-state index in [1.807, 2.05) is 24.3 Å². The zero-order valence-corrected chi connectivity index (χ0v) is 15.7. The number of hydrogen-bond donors (Lipinski definition) is 0. The summed E-state index contributed by atoms with van der Waals surface area (Å²) in [4.78, 5) is 29.0. The molecule has 0 unspecified atom stereocenters. The molecule has 0 atom stereocenters. The molecule has 0 aliphatic heterocycles. The number of aromatic nitrogens is 2. The van der Waals surface area contributed by atoms with Crippen molar-refractivity contribution in [3.63, 3.8) is 0 Å². The van der Waals surface area contributed by atoms with Crippen molar-refractivity contribution in [2.45, 2.75) is 6.92 Å². The van der Waals surface area contributed by atoms with Gasteiger partial charge in [-0.3, -0.25) is 9.59 Å². The molecule has 130 valence electrons. The predicted octanol–water partition coefficient (Wildman–Crippen LogP) is 3.69. The fourth-order valence-electron chi connectivity index (χ4n) is 2.67. The number of benzene rings is 2. The van der Waals surface area contributed by atoms with Crippen molar-refractivity contribution in [2.24, 2.45) is 0 Å². The van der Waals surface area contributed by atoms with Gasteiger partial charge in [0.05, 0.1) is 25.6 Å². The van der Waals surface area contributed by atoms with E-state index >= 15 is 0 Å². The molecule has 0 bridgehead atoms. The molecule has 5 nitrogen and oxygen atoms in total. The first-order valence-electron chi connectivity index (χ1n) is 7.53. The second kappa shape index (κ2) is 6.39. The highest BCUT2D eigenvalue weighted by molar-refractivity contribution is 7.15.